The van der Waals surface area contributed by atoms with Crippen LogP contribution >= 0.6 is 0 Å². The van der Waals surface area contributed by atoms with Gasteiger partial charge in [-0.15, -0.1) is 0 Å². The summed E-state index contributed by atoms with van der Waals surface area (Å²) in [6.45, 7) is 0. The van der Waals surface area contributed by atoms with Gasteiger partial charge in [0.1, 0.15) is 11.5 Å². The van der Waals surface area contributed by atoms with Gasteiger partial charge in [-0.3, -0.25) is 4.90 Å². The largest absolute Gasteiger partial charge is 0.497 e. The van der Waals surface area contributed by atoms with Gasteiger partial charge in [-0.05, 0) is 42.5 Å². The van der Waals surface area contributed by atoms with Crippen LogP contribution in [0.5, 0.6) is 11.5 Å². The molecule has 7 heteroatoms. The number of anilines is 1. The van der Waals surface area contributed by atoms with Gasteiger partial charge in [-0.2, -0.15) is 0 Å². The van der Waals surface area contributed by atoms with Crippen molar-refractivity contribution in [3.8, 4) is 11.5 Å². The van der Waals surface area contributed by atoms with Gasteiger partial charge in [-0.1, -0.05) is 6.07 Å². The van der Waals surface area contributed by atoms with Crippen LogP contribution in [-0.2, 0) is 9.53 Å². The van der Waals surface area contributed by atoms with E-state index in [0.717, 1.165) is 5.52 Å². The summed E-state index contributed by atoms with van der Waals surface area (Å²) >= 11 is 0. The number of aromatic amines is 1. The number of hydrogen-bond acceptors (Lipinski definition) is 5. The number of benzene rings is 2. The van der Waals surface area contributed by atoms with Crippen LogP contribution in [0.2, 0.25) is 0 Å². The topological polar surface area (TPSA) is 80.9 Å². The third-order valence-corrected chi connectivity index (χ3v) is 4.23. The summed E-state index contributed by atoms with van der Waals surface area (Å²) in [5, 5.41) is 0.694. The number of fused-ring (bicyclic) bond motifs is 1. The van der Waals surface area contributed by atoms with E-state index in [9.17, 15) is 9.59 Å². The zero-order valence-electron chi connectivity index (χ0n) is 15.8. The molecule has 0 saturated carbocycles. The Balaban J connectivity index is 1.86. The van der Waals surface area contributed by atoms with Crippen LogP contribution in [-0.4, -0.2) is 38.3 Å². The quantitative estimate of drug-likeness (QED) is 0.535. The van der Waals surface area contributed by atoms with Crippen molar-refractivity contribution < 1.29 is 23.8 Å². The first-order valence-electron chi connectivity index (χ1n) is 8.49. The number of hydrogen-bond donors (Lipinski definition) is 1. The molecule has 0 saturated heterocycles. The van der Waals surface area contributed by atoms with E-state index in [2.05, 4.69) is 9.72 Å². The van der Waals surface area contributed by atoms with Crippen molar-refractivity contribution in [2.45, 2.75) is 0 Å². The molecule has 0 bridgehead atoms. The maximum Gasteiger partial charge on any atom is 0.419 e. The second-order valence-corrected chi connectivity index (χ2v) is 5.90. The Kier molecular flexibility index (Phi) is 5.64. The Bertz CT molecular complexity index is 1020. The van der Waals surface area contributed by atoms with Crippen LogP contribution in [0.15, 0.2) is 54.7 Å². The van der Waals surface area contributed by atoms with E-state index in [-0.39, 0.29) is 0 Å². The van der Waals surface area contributed by atoms with E-state index in [4.69, 9.17) is 9.47 Å². The molecule has 0 unspecified atom stereocenters. The highest BCUT2D eigenvalue weighted by molar-refractivity contribution is 5.99. The Labute approximate surface area is 162 Å². The van der Waals surface area contributed by atoms with Gasteiger partial charge in [0.25, 0.3) is 0 Å². The van der Waals surface area contributed by atoms with Gasteiger partial charge in [0, 0.05) is 41.5 Å². The molecule has 0 aliphatic rings. The standard InChI is InChI=1S/C21H20N2O5/c1-23(15-8-10-16(26-2)11-9-15)21(25)28-18-6-4-5-17-20(18)14(13-22-17)7-12-19(24)27-3/h4-13,22H,1-3H3. The first kappa shape index (κ1) is 19.0. The number of esters is 1. The van der Waals surface area contributed by atoms with E-state index >= 15 is 0 Å². The number of aromatic nitrogens is 1. The van der Waals surface area contributed by atoms with E-state index in [1.54, 1.807) is 62.8 Å². The lowest BCUT2D eigenvalue weighted by molar-refractivity contribution is -0.134. The molecule has 1 N–H and O–H groups in total. The van der Waals surface area contributed by atoms with Crippen molar-refractivity contribution in [2.75, 3.05) is 26.2 Å². The molecule has 0 atom stereocenters. The van der Waals surface area contributed by atoms with E-state index in [0.29, 0.717) is 28.1 Å². The number of amides is 1. The second kappa shape index (κ2) is 8.30. The fourth-order valence-electron chi connectivity index (χ4n) is 2.69. The number of nitrogens with one attached hydrogen (secondary N) is 1. The van der Waals surface area contributed by atoms with Crippen molar-refractivity contribution in [1.29, 1.82) is 0 Å². The molecule has 3 rings (SSSR count). The van der Waals surface area contributed by atoms with Gasteiger partial charge >= 0.3 is 12.1 Å². The average Bonchev–Trinajstić information content (AvgIpc) is 3.15. The van der Waals surface area contributed by atoms with Gasteiger partial charge in [-0.25, -0.2) is 9.59 Å². The minimum absolute atomic E-state index is 0.383. The molecule has 2 aromatic carbocycles. The molecule has 28 heavy (non-hydrogen) atoms. The predicted molar refractivity (Wildman–Crippen MR) is 107 cm³/mol. The van der Waals surface area contributed by atoms with Gasteiger partial charge in [0.15, 0.2) is 0 Å². The first-order valence-corrected chi connectivity index (χ1v) is 8.49. The fourth-order valence-corrected chi connectivity index (χ4v) is 2.69. The molecular weight excluding hydrogens is 360 g/mol. The molecule has 0 aliphatic carbocycles. The van der Waals surface area contributed by atoms with E-state index in [1.807, 2.05) is 6.07 Å². The summed E-state index contributed by atoms with van der Waals surface area (Å²) in [7, 11) is 4.51. The first-order chi connectivity index (χ1) is 13.5. The monoisotopic (exact) mass is 380 g/mol. The average molecular weight is 380 g/mol. The number of methoxy groups -OCH3 is 2. The van der Waals surface area contributed by atoms with Crippen LogP contribution < -0.4 is 14.4 Å². The van der Waals surface area contributed by atoms with Crippen LogP contribution in [0.3, 0.4) is 0 Å². The minimum atomic E-state index is -0.540. The predicted octanol–water partition coefficient (Wildman–Crippen LogP) is 4.00. The zero-order chi connectivity index (χ0) is 20.1. The summed E-state index contributed by atoms with van der Waals surface area (Å²) in [6, 6.07) is 12.4. The number of carbonyl (C=O) groups is 2. The number of nitrogens with zero attached hydrogens (tertiary/aromatic N) is 1. The summed E-state index contributed by atoms with van der Waals surface area (Å²) < 4.78 is 15.4. The summed E-state index contributed by atoms with van der Waals surface area (Å²) in [4.78, 5) is 28.5. The molecule has 0 spiro atoms. The highest BCUT2D eigenvalue weighted by Crippen LogP contribution is 2.30. The second-order valence-electron chi connectivity index (χ2n) is 5.90. The van der Waals surface area contributed by atoms with Gasteiger partial charge in [0.05, 0.1) is 14.2 Å². The third kappa shape index (κ3) is 3.98. The fraction of sp³-hybridized carbons (Fsp3) is 0.143. The molecule has 144 valence electrons. The maximum absolute atomic E-state index is 12.6. The molecule has 0 fully saturated rings. The molecule has 1 heterocycles. The SMILES string of the molecule is COC(=O)C=Cc1c[nH]c2cccc(OC(=O)N(C)c3ccc(OC)cc3)c12. The highest BCUT2D eigenvalue weighted by atomic mass is 16.6. The van der Waals surface area contributed by atoms with Crippen molar-refractivity contribution in [2.24, 2.45) is 0 Å². The highest BCUT2D eigenvalue weighted by Gasteiger charge is 2.16. The minimum Gasteiger partial charge on any atom is -0.497 e. The van der Waals surface area contributed by atoms with Crippen LogP contribution in [0.25, 0.3) is 17.0 Å². The Hall–Kier alpha value is -3.74. The molecule has 0 radical (unpaired) electrons. The number of H-pyrrole nitrogens is 1. The molecular formula is C21H20N2O5. The molecule has 0 aliphatic heterocycles. The van der Waals surface area contributed by atoms with Crippen LogP contribution in [0.4, 0.5) is 10.5 Å². The van der Waals surface area contributed by atoms with E-state index < -0.39 is 12.1 Å². The summed E-state index contributed by atoms with van der Waals surface area (Å²) in [5.74, 6) is 0.612. The van der Waals surface area contributed by atoms with Crippen molar-refractivity contribution in [3.05, 3.63) is 60.3 Å². The number of carbonyl (C=O) groups excluding carboxylic acids is 2. The Morgan fingerprint density at radius 3 is 2.50 bits per heavy atom. The number of ether oxygens (including phenoxy) is 3. The summed E-state index contributed by atoms with van der Waals surface area (Å²) in [6.07, 6.45) is 4.11. The van der Waals surface area contributed by atoms with Crippen molar-refractivity contribution >= 4 is 34.7 Å². The maximum atomic E-state index is 12.6. The lowest BCUT2D eigenvalue weighted by atomic mass is 10.1. The summed E-state index contributed by atoms with van der Waals surface area (Å²) in [5.41, 5.74) is 2.15. The molecule has 7 nitrogen and oxygen atoms in total. The number of rotatable bonds is 5. The van der Waals surface area contributed by atoms with E-state index in [1.165, 1.54) is 18.1 Å². The Morgan fingerprint density at radius 2 is 1.82 bits per heavy atom. The van der Waals surface area contributed by atoms with Crippen molar-refractivity contribution in [3.63, 3.8) is 0 Å². The lowest BCUT2D eigenvalue weighted by Gasteiger charge is -2.17. The third-order valence-electron chi connectivity index (χ3n) is 4.23. The smallest absolute Gasteiger partial charge is 0.419 e. The normalized spacial score (nSPS) is 10.8. The Morgan fingerprint density at radius 1 is 1.07 bits per heavy atom. The molecule has 3 aromatic rings. The van der Waals surface area contributed by atoms with Gasteiger partial charge < -0.3 is 19.2 Å². The van der Waals surface area contributed by atoms with Crippen LogP contribution in [0.1, 0.15) is 5.56 Å². The molecule has 1 aromatic heterocycles. The molecule has 1 amide bonds. The zero-order valence-corrected chi connectivity index (χ0v) is 15.8. The van der Waals surface area contributed by atoms with Crippen molar-refractivity contribution in [1.82, 2.24) is 4.98 Å². The van der Waals surface area contributed by atoms with Gasteiger partial charge in [0.2, 0.25) is 0 Å². The van der Waals surface area contributed by atoms with Crippen LogP contribution in [0, 0.1) is 0 Å². The lowest BCUT2D eigenvalue weighted by Crippen LogP contribution is -2.29.